The molecule has 312 valence electrons. The van der Waals surface area contributed by atoms with E-state index in [9.17, 15) is 19.8 Å². The molecule has 0 bridgehead atoms. The Labute approximate surface area is 335 Å². The lowest BCUT2D eigenvalue weighted by atomic mass is 10.0. The third-order valence-electron chi connectivity index (χ3n) is 10.7. The quantitative estimate of drug-likeness (QED) is 0.0656. The van der Waals surface area contributed by atoms with Gasteiger partial charge in [-0.2, -0.15) is 0 Å². The summed E-state index contributed by atoms with van der Waals surface area (Å²) >= 11 is 0. The van der Waals surface area contributed by atoms with E-state index in [-0.39, 0.29) is 0 Å². The molecule has 0 radical (unpaired) electrons. The van der Waals surface area contributed by atoms with Crippen LogP contribution < -0.4 is 9.47 Å². The second-order valence-electron chi connectivity index (χ2n) is 15.6. The van der Waals surface area contributed by atoms with Crippen LogP contribution in [0.5, 0.6) is 11.5 Å². The first-order chi connectivity index (χ1) is 27.0. The lowest BCUT2D eigenvalue weighted by Crippen LogP contribution is -2.27. The maximum atomic E-state index is 12.1. The SMILES string of the molecule is CCCCCCCCCCCCCCC(Oc1ccccc1CCOCCc1ccccc1OC(CCCCCCCCCCCCCC)C(=O)O)C(=O)O. The molecular formula is C48H78O7. The number of hydrogen-bond donors (Lipinski definition) is 2. The van der Waals surface area contributed by atoms with Gasteiger partial charge in [-0.1, -0.05) is 192 Å². The number of aliphatic carboxylic acids is 2. The number of unbranched alkanes of at least 4 members (excludes halogenated alkanes) is 22. The fourth-order valence-electron chi connectivity index (χ4n) is 7.23. The average molecular weight is 767 g/mol. The van der Waals surface area contributed by atoms with Crippen molar-refractivity contribution in [2.45, 2.75) is 206 Å². The van der Waals surface area contributed by atoms with Crippen molar-refractivity contribution in [1.82, 2.24) is 0 Å². The zero-order valence-corrected chi connectivity index (χ0v) is 34.9. The summed E-state index contributed by atoms with van der Waals surface area (Å²) in [4.78, 5) is 24.1. The van der Waals surface area contributed by atoms with Crippen molar-refractivity contribution in [3.8, 4) is 11.5 Å². The summed E-state index contributed by atoms with van der Waals surface area (Å²) in [5, 5.41) is 19.8. The molecule has 0 fully saturated rings. The zero-order valence-electron chi connectivity index (χ0n) is 34.9. The molecule has 0 aliphatic rings. The van der Waals surface area contributed by atoms with E-state index in [2.05, 4.69) is 13.8 Å². The lowest BCUT2D eigenvalue weighted by molar-refractivity contribution is -0.146. The molecule has 0 amide bonds. The highest BCUT2D eigenvalue weighted by atomic mass is 16.5. The van der Waals surface area contributed by atoms with Crippen LogP contribution in [-0.2, 0) is 27.2 Å². The van der Waals surface area contributed by atoms with Crippen molar-refractivity contribution < 1.29 is 34.0 Å². The van der Waals surface area contributed by atoms with Crippen LogP contribution in [0.1, 0.15) is 192 Å². The Balaban J connectivity index is 1.68. The Morgan fingerprint density at radius 1 is 0.455 bits per heavy atom. The number of ether oxygens (including phenoxy) is 3. The molecule has 0 heterocycles. The van der Waals surface area contributed by atoms with Crippen molar-refractivity contribution >= 4 is 11.9 Å². The average Bonchev–Trinajstić information content (AvgIpc) is 3.18. The van der Waals surface area contributed by atoms with Gasteiger partial charge in [-0.15, -0.1) is 0 Å². The van der Waals surface area contributed by atoms with Crippen LogP contribution >= 0.6 is 0 Å². The van der Waals surface area contributed by atoms with Crippen LogP contribution in [0.2, 0.25) is 0 Å². The third-order valence-corrected chi connectivity index (χ3v) is 10.7. The molecule has 2 aromatic rings. The summed E-state index contributed by atoms with van der Waals surface area (Å²) in [5.41, 5.74) is 1.85. The summed E-state index contributed by atoms with van der Waals surface area (Å²) < 4.78 is 18.1. The van der Waals surface area contributed by atoms with Gasteiger partial charge in [-0.25, -0.2) is 9.59 Å². The van der Waals surface area contributed by atoms with Crippen molar-refractivity contribution in [2.75, 3.05) is 13.2 Å². The predicted octanol–water partition coefficient (Wildman–Crippen LogP) is 13.3. The van der Waals surface area contributed by atoms with Gasteiger partial charge >= 0.3 is 11.9 Å². The fourth-order valence-corrected chi connectivity index (χ4v) is 7.23. The molecule has 0 saturated heterocycles. The van der Waals surface area contributed by atoms with Crippen molar-refractivity contribution in [2.24, 2.45) is 0 Å². The molecule has 7 heteroatoms. The summed E-state index contributed by atoms with van der Waals surface area (Å²) in [5.74, 6) is -0.642. The fraction of sp³-hybridized carbons (Fsp3) is 0.708. The van der Waals surface area contributed by atoms with Crippen LogP contribution in [-0.4, -0.2) is 47.6 Å². The molecule has 2 aromatic carbocycles. The standard InChI is InChI=1S/C48H78O7/c1-3-5-7-9-11-13-15-17-19-21-23-25-35-45(47(49)50)54-43-33-29-27-31-41(43)37-39-53-40-38-42-32-28-30-34-44(42)55-46(48(51)52)36-26-24-22-20-18-16-14-12-10-8-6-4-2/h27-34,45-46H,3-26,35-40H2,1-2H3,(H,49,50)(H,51,52). The Morgan fingerprint density at radius 3 is 1.05 bits per heavy atom. The summed E-state index contributed by atoms with van der Waals surface area (Å²) in [6.45, 7) is 5.42. The third kappa shape index (κ3) is 24.2. The van der Waals surface area contributed by atoms with E-state index in [0.717, 1.165) is 49.7 Å². The van der Waals surface area contributed by atoms with Gasteiger partial charge in [0.15, 0.2) is 12.2 Å². The van der Waals surface area contributed by atoms with E-state index < -0.39 is 24.1 Å². The molecule has 0 aromatic heterocycles. The van der Waals surface area contributed by atoms with E-state index >= 15 is 0 Å². The first kappa shape index (κ1) is 48.1. The van der Waals surface area contributed by atoms with Crippen molar-refractivity contribution in [1.29, 1.82) is 0 Å². The van der Waals surface area contributed by atoms with Gasteiger partial charge in [0.05, 0.1) is 13.2 Å². The molecule has 55 heavy (non-hydrogen) atoms. The summed E-state index contributed by atoms with van der Waals surface area (Å²) in [6.07, 6.45) is 30.2. The van der Waals surface area contributed by atoms with E-state index in [1.54, 1.807) is 0 Å². The number of carboxylic acids is 2. The van der Waals surface area contributed by atoms with Gasteiger partial charge in [-0.3, -0.25) is 0 Å². The molecule has 2 unspecified atom stereocenters. The lowest BCUT2D eigenvalue weighted by Gasteiger charge is -2.18. The molecule has 0 saturated carbocycles. The Bertz CT molecular complexity index is 1140. The number of hydrogen-bond acceptors (Lipinski definition) is 5. The van der Waals surface area contributed by atoms with Crippen LogP contribution in [0.3, 0.4) is 0 Å². The maximum absolute atomic E-state index is 12.1. The van der Waals surface area contributed by atoms with Gasteiger partial charge in [0, 0.05) is 0 Å². The van der Waals surface area contributed by atoms with Crippen molar-refractivity contribution in [3.05, 3.63) is 59.7 Å². The van der Waals surface area contributed by atoms with Gasteiger partial charge in [0.1, 0.15) is 11.5 Å². The van der Waals surface area contributed by atoms with E-state index in [1.807, 2.05) is 48.5 Å². The minimum Gasteiger partial charge on any atom is -0.479 e. The number of carboxylic acid groups (broad SMARTS) is 2. The van der Waals surface area contributed by atoms with Crippen LogP contribution in [0.4, 0.5) is 0 Å². The second-order valence-corrected chi connectivity index (χ2v) is 15.6. The van der Waals surface area contributed by atoms with Crippen LogP contribution in [0, 0.1) is 0 Å². The van der Waals surface area contributed by atoms with Gasteiger partial charge in [0.25, 0.3) is 0 Å². The smallest absolute Gasteiger partial charge is 0.344 e. The topological polar surface area (TPSA) is 102 Å². The number of rotatable bonds is 38. The molecule has 2 atom stereocenters. The first-order valence-corrected chi connectivity index (χ1v) is 22.5. The minimum atomic E-state index is -0.922. The second kappa shape index (κ2) is 33.1. The Kier molecular flexibility index (Phi) is 29.0. The minimum absolute atomic E-state index is 0.455. The normalized spacial score (nSPS) is 12.4. The molecule has 0 aliphatic carbocycles. The van der Waals surface area contributed by atoms with Crippen molar-refractivity contribution in [3.63, 3.8) is 0 Å². The maximum Gasteiger partial charge on any atom is 0.344 e. The highest BCUT2D eigenvalue weighted by Gasteiger charge is 2.21. The van der Waals surface area contributed by atoms with Crippen LogP contribution in [0.15, 0.2) is 48.5 Å². The van der Waals surface area contributed by atoms with Gasteiger partial charge in [-0.05, 0) is 61.8 Å². The Morgan fingerprint density at radius 2 is 0.745 bits per heavy atom. The predicted molar refractivity (Wildman–Crippen MR) is 227 cm³/mol. The largest absolute Gasteiger partial charge is 0.479 e. The molecule has 2 rings (SSSR count). The summed E-state index contributed by atoms with van der Waals surface area (Å²) in [6, 6.07) is 15.2. The monoisotopic (exact) mass is 767 g/mol. The van der Waals surface area contributed by atoms with Crippen LogP contribution in [0.25, 0.3) is 0 Å². The van der Waals surface area contributed by atoms with E-state index in [4.69, 9.17) is 14.2 Å². The molecule has 0 spiro atoms. The number of carbonyl (C=O) groups is 2. The Hall–Kier alpha value is -3.06. The first-order valence-electron chi connectivity index (χ1n) is 22.5. The highest BCUT2D eigenvalue weighted by Crippen LogP contribution is 2.24. The molecule has 7 nitrogen and oxygen atoms in total. The highest BCUT2D eigenvalue weighted by molar-refractivity contribution is 5.73. The van der Waals surface area contributed by atoms with Gasteiger partial charge in [0.2, 0.25) is 0 Å². The number of benzene rings is 2. The van der Waals surface area contributed by atoms with E-state index in [1.165, 1.54) is 116 Å². The van der Waals surface area contributed by atoms with Gasteiger partial charge < -0.3 is 24.4 Å². The molecular weight excluding hydrogens is 689 g/mol. The zero-order chi connectivity index (χ0) is 39.6. The molecule has 0 aliphatic heterocycles. The number of para-hydroxylation sites is 2. The molecule has 2 N–H and O–H groups in total. The van der Waals surface area contributed by atoms with E-state index in [0.29, 0.717) is 50.4 Å². The summed E-state index contributed by atoms with van der Waals surface area (Å²) in [7, 11) is 0.